The van der Waals surface area contributed by atoms with E-state index in [1.807, 2.05) is 35.8 Å². The van der Waals surface area contributed by atoms with Gasteiger partial charge in [-0.1, -0.05) is 86.3 Å². The Bertz CT molecular complexity index is 1500. The van der Waals surface area contributed by atoms with Gasteiger partial charge >= 0.3 is 5.76 Å². The van der Waals surface area contributed by atoms with E-state index in [4.69, 9.17) is 9.51 Å². The maximum Gasteiger partial charge on any atom is 0.439 e. The number of aryl methyl sites for hydroxylation is 2. The molecule has 0 atom stereocenters. The van der Waals surface area contributed by atoms with Crippen LogP contribution in [0.3, 0.4) is 0 Å². The Morgan fingerprint density at radius 1 is 1.00 bits per heavy atom. The number of benzene rings is 2. The van der Waals surface area contributed by atoms with Crippen LogP contribution in [0.5, 0.6) is 0 Å². The van der Waals surface area contributed by atoms with E-state index < -0.39 is 5.76 Å². The minimum Gasteiger partial charge on any atom is -0.296 e. The number of rotatable bonds is 9. The second-order valence-corrected chi connectivity index (χ2v) is 10.5. The Kier molecular flexibility index (Phi) is 10.2. The summed E-state index contributed by atoms with van der Waals surface area (Å²) >= 11 is 0. The molecule has 0 aliphatic heterocycles. The second-order valence-electron chi connectivity index (χ2n) is 10.5. The molecule has 0 unspecified atom stereocenters. The van der Waals surface area contributed by atoms with Crippen molar-refractivity contribution in [1.29, 1.82) is 0 Å². The molecule has 0 amide bonds. The van der Waals surface area contributed by atoms with E-state index >= 15 is 0 Å². The maximum atomic E-state index is 13.8. The molecule has 4 aromatic rings. The number of aromatic amines is 1. The Hall–Kier alpha value is -2.74. The number of H-pyrrole nitrogens is 1. The topological polar surface area (TPSA) is 93.8 Å². The van der Waals surface area contributed by atoms with Crippen LogP contribution in [0.25, 0.3) is 22.5 Å². The SMILES string of the molecule is CCCCc1nc(C)n(CC2CCCCC2)c(=O)c1Cc1ccc(-c2ccccc2-c2noc(=O)[nH]2)cc1.[Na]. The van der Waals surface area contributed by atoms with E-state index in [-0.39, 0.29) is 35.1 Å². The molecule has 5 rings (SSSR count). The summed E-state index contributed by atoms with van der Waals surface area (Å²) < 4.78 is 6.65. The zero-order valence-electron chi connectivity index (χ0n) is 23.3. The molecule has 2 aromatic heterocycles. The van der Waals surface area contributed by atoms with Crippen molar-refractivity contribution in [3.8, 4) is 22.5 Å². The summed E-state index contributed by atoms with van der Waals surface area (Å²) in [6.07, 6.45) is 9.70. The van der Waals surface area contributed by atoms with E-state index in [9.17, 15) is 9.59 Å². The first kappa shape index (κ1) is 29.2. The first-order valence-corrected chi connectivity index (χ1v) is 13.9. The smallest absolute Gasteiger partial charge is 0.296 e. The molecular formula is C31H36N4NaO3. The first-order chi connectivity index (χ1) is 18.5. The molecule has 199 valence electrons. The molecule has 0 saturated heterocycles. The average molecular weight is 536 g/mol. The van der Waals surface area contributed by atoms with Gasteiger partial charge in [-0.15, -0.1) is 0 Å². The predicted octanol–water partition coefficient (Wildman–Crippen LogP) is 5.69. The van der Waals surface area contributed by atoms with Gasteiger partial charge in [0.05, 0.1) is 5.69 Å². The number of nitrogens with zero attached hydrogens (tertiary/aromatic N) is 3. The van der Waals surface area contributed by atoms with Crippen LogP contribution in [-0.2, 0) is 19.4 Å². The minimum absolute atomic E-state index is 0. The molecule has 0 bridgehead atoms. The molecule has 0 spiro atoms. The molecule has 2 aromatic carbocycles. The normalized spacial score (nSPS) is 13.8. The Labute approximate surface area is 251 Å². The van der Waals surface area contributed by atoms with Crippen LogP contribution in [0, 0.1) is 12.8 Å². The second kappa shape index (κ2) is 13.6. The van der Waals surface area contributed by atoms with Gasteiger partial charge in [-0.05, 0) is 55.2 Å². The van der Waals surface area contributed by atoms with Gasteiger partial charge in [0.25, 0.3) is 5.56 Å². The third-order valence-corrected chi connectivity index (χ3v) is 7.74. The zero-order valence-corrected chi connectivity index (χ0v) is 25.3. The molecule has 1 aliphatic carbocycles. The van der Waals surface area contributed by atoms with Crippen LogP contribution in [0.15, 0.2) is 62.6 Å². The molecule has 1 radical (unpaired) electrons. The molecule has 1 fully saturated rings. The van der Waals surface area contributed by atoms with Gasteiger partial charge in [-0.2, -0.15) is 0 Å². The summed E-state index contributed by atoms with van der Waals surface area (Å²) in [5, 5.41) is 3.86. The van der Waals surface area contributed by atoms with Crippen molar-refractivity contribution in [1.82, 2.24) is 19.7 Å². The molecule has 8 heteroatoms. The van der Waals surface area contributed by atoms with E-state index in [1.165, 1.54) is 32.1 Å². The third-order valence-electron chi connectivity index (χ3n) is 7.74. The van der Waals surface area contributed by atoms with Crippen molar-refractivity contribution in [2.24, 2.45) is 5.92 Å². The van der Waals surface area contributed by atoms with Crippen LogP contribution < -0.4 is 11.3 Å². The zero-order chi connectivity index (χ0) is 26.5. The van der Waals surface area contributed by atoms with Crippen molar-refractivity contribution >= 4 is 29.6 Å². The fourth-order valence-electron chi connectivity index (χ4n) is 5.62. The number of hydrogen-bond acceptors (Lipinski definition) is 5. The van der Waals surface area contributed by atoms with E-state index in [2.05, 4.69) is 41.3 Å². The van der Waals surface area contributed by atoms with Crippen molar-refractivity contribution < 1.29 is 4.52 Å². The number of unbranched alkanes of at least 4 members (excludes halogenated alkanes) is 1. The van der Waals surface area contributed by atoms with Gasteiger partial charge in [-0.25, -0.2) is 9.78 Å². The third kappa shape index (κ3) is 6.89. The van der Waals surface area contributed by atoms with Crippen molar-refractivity contribution in [2.75, 3.05) is 0 Å². The van der Waals surface area contributed by atoms with Crippen molar-refractivity contribution in [3.63, 3.8) is 0 Å². The summed E-state index contributed by atoms with van der Waals surface area (Å²) in [7, 11) is 0. The quantitative estimate of drug-likeness (QED) is 0.278. The molecule has 1 saturated carbocycles. The van der Waals surface area contributed by atoms with Gasteiger partial charge < -0.3 is 0 Å². The largest absolute Gasteiger partial charge is 0.439 e. The average Bonchev–Trinajstić information content (AvgIpc) is 3.38. The first-order valence-electron chi connectivity index (χ1n) is 13.9. The van der Waals surface area contributed by atoms with Gasteiger partial charge in [0, 0.05) is 53.6 Å². The van der Waals surface area contributed by atoms with Crippen LogP contribution in [0.2, 0.25) is 0 Å². The molecule has 39 heavy (non-hydrogen) atoms. The fourth-order valence-corrected chi connectivity index (χ4v) is 5.62. The van der Waals surface area contributed by atoms with Gasteiger partial charge in [-0.3, -0.25) is 18.9 Å². The van der Waals surface area contributed by atoms with Crippen molar-refractivity contribution in [3.05, 3.63) is 92.1 Å². The van der Waals surface area contributed by atoms with Crippen LogP contribution in [-0.4, -0.2) is 49.2 Å². The Morgan fingerprint density at radius 3 is 2.38 bits per heavy atom. The van der Waals surface area contributed by atoms with Crippen LogP contribution in [0.1, 0.15) is 74.5 Å². The summed E-state index contributed by atoms with van der Waals surface area (Å²) in [5.74, 6) is 1.23. The van der Waals surface area contributed by atoms with Crippen LogP contribution in [0.4, 0.5) is 0 Å². The minimum atomic E-state index is -0.579. The van der Waals surface area contributed by atoms with E-state index in [0.717, 1.165) is 65.1 Å². The maximum absolute atomic E-state index is 13.8. The van der Waals surface area contributed by atoms with E-state index in [0.29, 0.717) is 18.2 Å². The molecule has 1 aliphatic rings. The molecule has 1 N–H and O–H groups in total. The molecule has 7 nitrogen and oxygen atoms in total. The molecular weight excluding hydrogens is 499 g/mol. The summed E-state index contributed by atoms with van der Waals surface area (Å²) in [4.78, 5) is 32.9. The standard InChI is InChI=1S/C31H36N4O3.Na/c1-3-4-14-28-27(30(36)35(21(2)32-28)20-23-10-6-5-7-11-23)19-22-15-17-24(18-16-22)25-12-8-9-13-26(25)29-33-31(37)38-34-29;/h8-9,12-13,15-18,23H,3-7,10-11,14,19-20H2,1-2H3,(H,33,34,37);. The fraction of sp³-hybridized carbons (Fsp3) is 0.419. The summed E-state index contributed by atoms with van der Waals surface area (Å²) in [6, 6.07) is 16.0. The van der Waals surface area contributed by atoms with Crippen molar-refractivity contribution in [2.45, 2.75) is 78.2 Å². The van der Waals surface area contributed by atoms with E-state index in [1.54, 1.807) is 0 Å². The number of nitrogens with one attached hydrogen (secondary N) is 1. The molecule has 2 heterocycles. The summed E-state index contributed by atoms with van der Waals surface area (Å²) in [5.41, 5.74) is 5.70. The predicted molar refractivity (Wildman–Crippen MR) is 155 cm³/mol. The van der Waals surface area contributed by atoms with Gasteiger partial charge in [0.1, 0.15) is 5.82 Å². The Balaban J connectivity index is 0.00000353. The Morgan fingerprint density at radius 2 is 1.72 bits per heavy atom. The monoisotopic (exact) mass is 535 g/mol. The number of aromatic nitrogens is 4. The van der Waals surface area contributed by atoms with Gasteiger partial charge in [0.15, 0.2) is 5.82 Å². The van der Waals surface area contributed by atoms with Gasteiger partial charge in [0.2, 0.25) is 0 Å². The van der Waals surface area contributed by atoms with Crippen LogP contribution >= 0.6 is 0 Å². The number of hydrogen-bond donors (Lipinski definition) is 1. The summed E-state index contributed by atoms with van der Waals surface area (Å²) in [6.45, 7) is 4.93.